The van der Waals surface area contributed by atoms with Gasteiger partial charge in [0.05, 0.1) is 14.2 Å². The van der Waals surface area contributed by atoms with Gasteiger partial charge in [-0.1, -0.05) is 6.08 Å². The Kier molecular flexibility index (Phi) is 4.18. The number of nitrogens with two attached hydrogens (primary N) is 1. The summed E-state index contributed by atoms with van der Waals surface area (Å²) in [6.45, 7) is 3.67. The Hall–Kier alpha value is -1.48. The number of hydrogen-bond acceptors (Lipinski definition) is 3. The van der Waals surface area contributed by atoms with Crippen LogP contribution in [0.25, 0.3) is 0 Å². The molecule has 3 heteroatoms. The summed E-state index contributed by atoms with van der Waals surface area (Å²) in [6, 6.07) is 5.59. The van der Waals surface area contributed by atoms with Crippen molar-refractivity contribution < 1.29 is 9.47 Å². The van der Waals surface area contributed by atoms with Crippen LogP contribution < -0.4 is 15.2 Å². The van der Waals surface area contributed by atoms with Gasteiger partial charge in [-0.05, 0) is 24.1 Å². The Morgan fingerprint density at radius 2 is 1.80 bits per heavy atom. The first kappa shape index (κ1) is 11.6. The van der Waals surface area contributed by atoms with Gasteiger partial charge >= 0.3 is 0 Å². The van der Waals surface area contributed by atoms with Gasteiger partial charge in [0.25, 0.3) is 0 Å². The molecule has 0 saturated carbocycles. The first-order valence-corrected chi connectivity index (χ1v) is 4.80. The molecule has 0 aliphatic rings. The van der Waals surface area contributed by atoms with Crippen LogP contribution in [0.4, 0.5) is 0 Å². The molecule has 2 N–H and O–H groups in total. The van der Waals surface area contributed by atoms with Crippen molar-refractivity contribution in [2.24, 2.45) is 5.73 Å². The number of ether oxygens (including phenoxy) is 2. The van der Waals surface area contributed by atoms with E-state index >= 15 is 0 Å². The highest BCUT2D eigenvalue weighted by atomic mass is 16.5. The van der Waals surface area contributed by atoms with E-state index in [4.69, 9.17) is 15.2 Å². The van der Waals surface area contributed by atoms with Crippen LogP contribution in [0.5, 0.6) is 11.5 Å². The molecule has 0 aliphatic heterocycles. The lowest BCUT2D eigenvalue weighted by Gasteiger charge is -2.13. The van der Waals surface area contributed by atoms with Crippen molar-refractivity contribution >= 4 is 0 Å². The van der Waals surface area contributed by atoms with Gasteiger partial charge in [0.2, 0.25) is 0 Å². The lowest BCUT2D eigenvalue weighted by molar-refractivity contribution is 0.392. The molecular formula is C12H17NO2. The average Bonchev–Trinajstić information content (AvgIpc) is 2.28. The molecule has 0 fully saturated rings. The summed E-state index contributed by atoms with van der Waals surface area (Å²) in [4.78, 5) is 0. The SMILES string of the molecule is C=CC[C@@H](N)c1cc(OC)cc(OC)c1. The second-order valence-corrected chi connectivity index (χ2v) is 3.28. The molecule has 0 aliphatic carbocycles. The zero-order valence-corrected chi connectivity index (χ0v) is 9.19. The maximum atomic E-state index is 5.97. The molecule has 0 radical (unpaired) electrons. The van der Waals surface area contributed by atoms with Crippen LogP contribution in [0.15, 0.2) is 30.9 Å². The van der Waals surface area contributed by atoms with Crippen molar-refractivity contribution in [1.29, 1.82) is 0 Å². The van der Waals surface area contributed by atoms with Crippen LogP contribution in [0, 0.1) is 0 Å². The summed E-state index contributed by atoms with van der Waals surface area (Å²) in [6.07, 6.45) is 2.53. The second-order valence-electron chi connectivity index (χ2n) is 3.28. The monoisotopic (exact) mass is 207 g/mol. The van der Waals surface area contributed by atoms with Gasteiger partial charge in [-0.25, -0.2) is 0 Å². The zero-order valence-electron chi connectivity index (χ0n) is 9.19. The molecule has 82 valence electrons. The van der Waals surface area contributed by atoms with Crippen molar-refractivity contribution in [3.8, 4) is 11.5 Å². The van der Waals surface area contributed by atoms with E-state index in [9.17, 15) is 0 Å². The molecular weight excluding hydrogens is 190 g/mol. The van der Waals surface area contributed by atoms with Gasteiger partial charge in [-0.2, -0.15) is 0 Å². The maximum absolute atomic E-state index is 5.97. The van der Waals surface area contributed by atoms with E-state index in [0.717, 1.165) is 23.5 Å². The average molecular weight is 207 g/mol. The van der Waals surface area contributed by atoms with E-state index in [1.807, 2.05) is 18.2 Å². The molecule has 0 spiro atoms. The minimum absolute atomic E-state index is 0.0634. The summed E-state index contributed by atoms with van der Waals surface area (Å²) in [5.41, 5.74) is 6.96. The summed E-state index contributed by atoms with van der Waals surface area (Å²) < 4.78 is 10.3. The Balaban J connectivity index is 3.00. The Morgan fingerprint density at radius 1 is 1.27 bits per heavy atom. The fraction of sp³-hybridized carbons (Fsp3) is 0.333. The van der Waals surface area contributed by atoms with E-state index in [2.05, 4.69) is 6.58 Å². The summed E-state index contributed by atoms with van der Waals surface area (Å²) >= 11 is 0. The quantitative estimate of drug-likeness (QED) is 0.753. The lowest BCUT2D eigenvalue weighted by atomic mass is 10.0. The van der Waals surface area contributed by atoms with E-state index < -0.39 is 0 Å². The molecule has 1 rings (SSSR count). The number of hydrogen-bond donors (Lipinski definition) is 1. The van der Waals surface area contributed by atoms with Gasteiger partial charge in [0.1, 0.15) is 11.5 Å². The zero-order chi connectivity index (χ0) is 11.3. The topological polar surface area (TPSA) is 44.5 Å². The summed E-state index contributed by atoms with van der Waals surface area (Å²) in [5.74, 6) is 1.51. The normalized spacial score (nSPS) is 11.9. The highest BCUT2D eigenvalue weighted by molar-refractivity contribution is 5.39. The summed E-state index contributed by atoms with van der Waals surface area (Å²) in [5, 5.41) is 0. The van der Waals surface area contributed by atoms with Crippen LogP contribution in [-0.2, 0) is 0 Å². The largest absolute Gasteiger partial charge is 0.497 e. The molecule has 15 heavy (non-hydrogen) atoms. The van der Waals surface area contributed by atoms with Crippen LogP contribution >= 0.6 is 0 Å². The van der Waals surface area contributed by atoms with E-state index in [1.165, 1.54) is 0 Å². The predicted octanol–water partition coefficient (Wildman–Crippen LogP) is 2.28. The molecule has 1 atom stereocenters. The molecule has 0 aromatic heterocycles. The van der Waals surface area contributed by atoms with Crippen molar-refractivity contribution in [2.45, 2.75) is 12.5 Å². The second kappa shape index (κ2) is 5.41. The van der Waals surface area contributed by atoms with Crippen LogP contribution in [0.2, 0.25) is 0 Å². The third kappa shape index (κ3) is 2.99. The highest BCUT2D eigenvalue weighted by Gasteiger charge is 2.07. The highest BCUT2D eigenvalue weighted by Crippen LogP contribution is 2.26. The van der Waals surface area contributed by atoms with Gasteiger partial charge < -0.3 is 15.2 Å². The van der Waals surface area contributed by atoms with Gasteiger partial charge in [0, 0.05) is 12.1 Å². The molecule has 0 heterocycles. The number of rotatable bonds is 5. The van der Waals surface area contributed by atoms with E-state index in [1.54, 1.807) is 20.3 Å². The fourth-order valence-electron chi connectivity index (χ4n) is 1.36. The molecule has 1 aromatic carbocycles. The third-order valence-corrected chi connectivity index (χ3v) is 2.22. The fourth-order valence-corrected chi connectivity index (χ4v) is 1.36. The first-order valence-electron chi connectivity index (χ1n) is 4.80. The molecule has 3 nitrogen and oxygen atoms in total. The van der Waals surface area contributed by atoms with Gasteiger partial charge in [0.15, 0.2) is 0 Å². The van der Waals surface area contributed by atoms with Crippen molar-refractivity contribution in [3.63, 3.8) is 0 Å². The molecule has 1 aromatic rings. The van der Waals surface area contributed by atoms with Gasteiger partial charge in [-0.3, -0.25) is 0 Å². The molecule has 0 unspecified atom stereocenters. The van der Waals surface area contributed by atoms with Crippen molar-refractivity contribution in [1.82, 2.24) is 0 Å². The minimum Gasteiger partial charge on any atom is -0.497 e. The Labute approximate surface area is 90.5 Å². The van der Waals surface area contributed by atoms with Crippen LogP contribution in [-0.4, -0.2) is 14.2 Å². The standard InChI is InChI=1S/C12H17NO2/c1-4-5-12(13)9-6-10(14-2)8-11(7-9)15-3/h4,6-8,12H,1,5,13H2,2-3H3/t12-/m1/s1. The first-order chi connectivity index (χ1) is 7.21. The Bertz CT molecular complexity index is 314. The number of benzene rings is 1. The van der Waals surface area contributed by atoms with E-state index in [-0.39, 0.29) is 6.04 Å². The van der Waals surface area contributed by atoms with Gasteiger partial charge in [-0.15, -0.1) is 6.58 Å². The third-order valence-electron chi connectivity index (χ3n) is 2.22. The Morgan fingerprint density at radius 3 is 2.20 bits per heavy atom. The lowest BCUT2D eigenvalue weighted by Crippen LogP contribution is -2.09. The summed E-state index contributed by atoms with van der Waals surface area (Å²) in [7, 11) is 3.25. The van der Waals surface area contributed by atoms with Crippen molar-refractivity contribution in [2.75, 3.05) is 14.2 Å². The van der Waals surface area contributed by atoms with Crippen LogP contribution in [0.3, 0.4) is 0 Å². The van der Waals surface area contributed by atoms with Crippen molar-refractivity contribution in [3.05, 3.63) is 36.4 Å². The number of methoxy groups -OCH3 is 2. The van der Waals surface area contributed by atoms with E-state index in [0.29, 0.717) is 0 Å². The smallest absolute Gasteiger partial charge is 0.122 e. The van der Waals surface area contributed by atoms with Crippen LogP contribution in [0.1, 0.15) is 18.0 Å². The predicted molar refractivity (Wildman–Crippen MR) is 61.3 cm³/mol. The maximum Gasteiger partial charge on any atom is 0.122 e. The minimum atomic E-state index is -0.0634. The molecule has 0 amide bonds. The molecule has 0 bridgehead atoms. The molecule has 0 saturated heterocycles.